The lowest BCUT2D eigenvalue weighted by molar-refractivity contribution is 0.383. The van der Waals surface area contributed by atoms with Crippen molar-refractivity contribution in [2.24, 2.45) is 16.7 Å². The van der Waals surface area contributed by atoms with E-state index in [0.29, 0.717) is 0 Å². The molecule has 0 aromatic heterocycles. The van der Waals surface area contributed by atoms with Crippen LogP contribution in [0.15, 0.2) is 0 Å². The highest BCUT2D eigenvalue weighted by atomic mass is 14.8. The Kier molecular flexibility index (Phi) is 0.330. The van der Waals surface area contributed by atoms with Gasteiger partial charge in [0, 0.05) is 0 Å². The average molecular weight is 96.2 g/mol. The molecule has 2 fully saturated rings. The van der Waals surface area contributed by atoms with Crippen LogP contribution in [0.25, 0.3) is 0 Å². The minimum atomic E-state index is 0.743. The quantitative estimate of drug-likeness (QED) is 0.433. The molecule has 2 aliphatic carbocycles. The fourth-order valence-corrected chi connectivity index (χ4v) is 1.95. The second-order valence-electron chi connectivity index (χ2n) is 3.90. The van der Waals surface area contributed by atoms with Gasteiger partial charge in [-0.1, -0.05) is 20.8 Å². The third-order valence-electron chi connectivity index (χ3n) is 3.50. The Morgan fingerprint density at radius 1 is 1.29 bits per heavy atom. The van der Waals surface area contributed by atoms with Gasteiger partial charge in [0.05, 0.1) is 0 Å². The molecule has 2 atom stereocenters. The lowest BCUT2D eigenvalue weighted by Crippen LogP contribution is -2.03. The van der Waals surface area contributed by atoms with Gasteiger partial charge >= 0.3 is 0 Å². The first kappa shape index (κ1) is 3.94. The minimum absolute atomic E-state index is 0.743. The first-order valence-corrected chi connectivity index (χ1v) is 3.09. The van der Waals surface area contributed by atoms with Gasteiger partial charge in [-0.15, -0.1) is 0 Å². The van der Waals surface area contributed by atoms with Gasteiger partial charge in [0.15, 0.2) is 0 Å². The number of hydrogen-bond donors (Lipinski definition) is 0. The molecule has 0 nitrogen and oxygen atoms in total. The van der Waals surface area contributed by atoms with Crippen LogP contribution in [-0.4, -0.2) is 0 Å². The Morgan fingerprint density at radius 2 is 1.57 bits per heavy atom. The van der Waals surface area contributed by atoms with Crippen LogP contribution in [0, 0.1) is 16.7 Å². The van der Waals surface area contributed by atoms with Crippen molar-refractivity contribution in [2.45, 2.75) is 27.2 Å². The molecule has 0 saturated heterocycles. The minimum Gasteiger partial charge on any atom is -0.0591 e. The molecule has 40 valence electrons. The highest BCUT2D eigenvalue weighted by Gasteiger charge is 2.80. The molecule has 0 heteroatoms. The Hall–Kier alpha value is 0. The maximum atomic E-state index is 2.40. The van der Waals surface area contributed by atoms with Gasteiger partial charge in [-0.05, 0) is 23.2 Å². The van der Waals surface area contributed by atoms with Gasteiger partial charge in [0.25, 0.3) is 0 Å². The van der Waals surface area contributed by atoms with E-state index in [-0.39, 0.29) is 0 Å². The molecule has 7 heavy (non-hydrogen) atoms. The SMILES string of the molecule is CC1(C)C2CC21C. The molecule has 0 aliphatic heterocycles. The maximum Gasteiger partial charge on any atom is -0.0235 e. The van der Waals surface area contributed by atoms with Gasteiger partial charge < -0.3 is 0 Å². The zero-order valence-electron chi connectivity index (χ0n) is 5.28. The monoisotopic (exact) mass is 96.1 g/mol. The molecule has 0 aromatic carbocycles. The van der Waals surface area contributed by atoms with Crippen molar-refractivity contribution >= 4 is 0 Å². The van der Waals surface area contributed by atoms with Crippen molar-refractivity contribution in [3.63, 3.8) is 0 Å². The summed E-state index contributed by atoms with van der Waals surface area (Å²) in [5, 5.41) is 0. The highest BCUT2D eigenvalue weighted by molar-refractivity contribution is 5.28. The molecule has 0 radical (unpaired) electrons. The van der Waals surface area contributed by atoms with E-state index < -0.39 is 0 Å². The van der Waals surface area contributed by atoms with Crippen molar-refractivity contribution in [3.05, 3.63) is 0 Å². The molecule has 0 aromatic rings. The Bertz CT molecular complexity index is 114. The van der Waals surface area contributed by atoms with Crippen LogP contribution in [0.5, 0.6) is 0 Å². The second kappa shape index (κ2) is 0.586. The summed E-state index contributed by atoms with van der Waals surface area (Å²) >= 11 is 0. The lowest BCUT2D eigenvalue weighted by Gasteiger charge is -2.11. The van der Waals surface area contributed by atoms with Crippen molar-refractivity contribution < 1.29 is 0 Å². The van der Waals surface area contributed by atoms with E-state index in [4.69, 9.17) is 0 Å². The van der Waals surface area contributed by atoms with E-state index in [1.165, 1.54) is 6.42 Å². The van der Waals surface area contributed by atoms with E-state index in [0.717, 1.165) is 16.7 Å². The maximum absolute atomic E-state index is 2.40. The summed E-state index contributed by atoms with van der Waals surface area (Å²) in [7, 11) is 0. The molecular formula is C7H12. The van der Waals surface area contributed by atoms with Crippen LogP contribution in [0.1, 0.15) is 27.2 Å². The van der Waals surface area contributed by atoms with Gasteiger partial charge in [-0.25, -0.2) is 0 Å². The molecule has 2 saturated carbocycles. The van der Waals surface area contributed by atoms with Crippen LogP contribution in [0.2, 0.25) is 0 Å². The van der Waals surface area contributed by atoms with Crippen molar-refractivity contribution in [1.29, 1.82) is 0 Å². The largest absolute Gasteiger partial charge is 0.0591 e. The molecule has 0 bridgehead atoms. The summed E-state index contributed by atoms with van der Waals surface area (Å²) in [4.78, 5) is 0. The topological polar surface area (TPSA) is 0 Å². The van der Waals surface area contributed by atoms with Gasteiger partial charge in [0.2, 0.25) is 0 Å². The fraction of sp³-hybridized carbons (Fsp3) is 1.00. The standard InChI is InChI=1S/C7H12/c1-6(2)5-4-7(5,6)3/h5H,4H2,1-3H3. The van der Waals surface area contributed by atoms with Crippen LogP contribution in [0.3, 0.4) is 0 Å². The third-order valence-corrected chi connectivity index (χ3v) is 3.50. The van der Waals surface area contributed by atoms with Crippen LogP contribution in [0.4, 0.5) is 0 Å². The molecule has 0 heterocycles. The molecule has 0 N–H and O–H groups in total. The zero-order chi connectivity index (χ0) is 5.28. The first-order chi connectivity index (χ1) is 3.09. The summed E-state index contributed by atoms with van der Waals surface area (Å²) in [6.45, 7) is 7.15. The smallest absolute Gasteiger partial charge is 0.0235 e. The van der Waals surface area contributed by atoms with E-state index >= 15 is 0 Å². The predicted molar refractivity (Wildman–Crippen MR) is 30.0 cm³/mol. The summed E-state index contributed by atoms with van der Waals surface area (Å²) in [6.07, 6.45) is 1.51. The average Bonchev–Trinajstić information content (AvgIpc) is 2.26. The van der Waals surface area contributed by atoms with E-state index in [1.807, 2.05) is 0 Å². The summed E-state index contributed by atoms with van der Waals surface area (Å²) in [5.41, 5.74) is 1.56. The first-order valence-electron chi connectivity index (χ1n) is 3.09. The zero-order valence-corrected chi connectivity index (χ0v) is 5.28. The number of hydrogen-bond acceptors (Lipinski definition) is 0. The second-order valence-corrected chi connectivity index (χ2v) is 3.90. The normalized spacial score (nSPS) is 61.3. The summed E-state index contributed by atoms with van der Waals surface area (Å²) in [6, 6.07) is 0. The van der Waals surface area contributed by atoms with Crippen LogP contribution in [-0.2, 0) is 0 Å². The summed E-state index contributed by atoms with van der Waals surface area (Å²) in [5.74, 6) is 1.11. The van der Waals surface area contributed by atoms with E-state index in [9.17, 15) is 0 Å². The van der Waals surface area contributed by atoms with Crippen molar-refractivity contribution in [3.8, 4) is 0 Å². The van der Waals surface area contributed by atoms with Gasteiger partial charge in [0.1, 0.15) is 0 Å². The number of rotatable bonds is 0. The lowest BCUT2D eigenvalue weighted by atomic mass is 9.94. The van der Waals surface area contributed by atoms with Crippen LogP contribution < -0.4 is 0 Å². The number of fused-ring (bicyclic) bond motifs is 1. The molecule has 0 amide bonds. The summed E-state index contributed by atoms with van der Waals surface area (Å²) < 4.78 is 0. The van der Waals surface area contributed by atoms with Gasteiger partial charge in [-0.3, -0.25) is 0 Å². The Labute approximate surface area is 44.9 Å². The molecule has 2 unspecified atom stereocenters. The highest BCUT2D eigenvalue weighted by Crippen LogP contribution is 2.87. The predicted octanol–water partition coefficient (Wildman–Crippen LogP) is 2.05. The van der Waals surface area contributed by atoms with E-state index in [2.05, 4.69) is 20.8 Å². The Balaban J connectivity index is 2.28. The third kappa shape index (κ3) is 0.198. The molecule has 2 rings (SSSR count). The van der Waals surface area contributed by atoms with Gasteiger partial charge in [-0.2, -0.15) is 0 Å². The molecule has 2 aliphatic rings. The molecular weight excluding hydrogens is 84.1 g/mol. The fourth-order valence-electron chi connectivity index (χ4n) is 1.95. The van der Waals surface area contributed by atoms with Crippen LogP contribution >= 0.6 is 0 Å². The van der Waals surface area contributed by atoms with Crippen molar-refractivity contribution in [2.75, 3.05) is 0 Å². The van der Waals surface area contributed by atoms with Crippen molar-refractivity contribution in [1.82, 2.24) is 0 Å². The molecule has 0 spiro atoms. The Morgan fingerprint density at radius 3 is 1.57 bits per heavy atom. The van der Waals surface area contributed by atoms with E-state index in [1.54, 1.807) is 0 Å².